The highest BCUT2D eigenvalue weighted by Crippen LogP contribution is 2.66. The molecule has 5 aliphatic rings. The highest BCUT2D eigenvalue weighted by molar-refractivity contribution is 5.40. The Kier molecular flexibility index (Phi) is 10.2. The van der Waals surface area contributed by atoms with Crippen LogP contribution in [0.5, 0.6) is 0 Å². The van der Waals surface area contributed by atoms with Gasteiger partial charge in [-0.25, -0.2) is 0 Å². The molecule has 0 bridgehead atoms. The first-order chi connectivity index (χ1) is 20.6. The van der Waals surface area contributed by atoms with Crippen molar-refractivity contribution in [2.75, 3.05) is 13.7 Å². The first-order valence-electron chi connectivity index (χ1n) is 17.0. The Balaban J connectivity index is 1.52. The third kappa shape index (κ3) is 5.77. The lowest BCUT2D eigenvalue weighted by molar-refractivity contribution is -0.213. The number of ether oxygens (including phenoxy) is 3. The molecule has 4 fully saturated rings. The number of fused-ring (bicyclic) bond motifs is 4. The van der Waals surface area contributed by atoms with Crippen molar-refractivity contribution in [3.8, 4) is 0 Å². The lowest BCUT2D eigenvalue weighted by Crippen LogP contribution is -2.58. The molecule has 252 valence electrons. The Hall–Kier alpha value is -0.880. The van der Waals surface area contributed by atoms with E-state index in [9.17, 15) is 30.6 Å². The SMILES string of the molecule is COC[C@@H](O)[C@@H]1O[C@@H](O[C@@H]2CC3=C4[C@@H](O)[C@@H](O)[C@H]5C[C@H](O)CC[C@]5(C)[C@H]4CC[C@]3(C)[C@H]2[C@H](C)/C=C/[C@@H](C)C(C)C)[C@H](O)[C@H]1O. The fourth-order valence-corrected chi connectivity index (χ4v) is 9.81. The summed E-state index contributed by atoms with van der Waals surface area (Å²) in [5, 5.41) is 65.9. The summed E-state index contributed by atoms with van der Waals surface area (Å²) in [5.41, 5.74) is 1.55. The van der Waals surface area contributed by atoms with E-state index in [1.807, 2.05) is 0 Å². The van der Waals surface area contributed by atoms with Crippen molar-refractivity contribution in [2.24, 2.45) is 46.3 Å². The van der Waals surface area contributed by atoms with E-state index in [-0.39, 0.29) is 47.2 Å². The normalized spacial score (nSPS) is 47.9. The molecule has 3 saturated carbocycles. The number of aliphatic hydroxyl groups is 6. The molecule has 5 rings (SSSR count). The maximum atomic E-state index is 11.7. The van der Waals surface area contributed by atoms with Crippen molar-refractivity contribution in [1.82, 2.24) is 0 Å². The van der Waals surface area contributed by atoms with E-state index >= 15 is 0 Å². The van der Waals surface area contributed by atoms with Crippen LogP contribution >= 0.6 is 0 Å². The molecule has 1 saturated heterocycles. The Morgan fingerprint density at radius 1 is 0.955 bits per heavy atom. The van der Waals surface area contributed by atoms with Crippen LogP contribution in [0, 0.1) is 46.3 Å². The summed E-state index contributed by atoms with van der Waals surface area (Å²) in [4.78, 5) is 0. The van der Waals surface area contributed by atoms with E-state index in [0.29, 0.717) is 31.1 Å². The molecule has 0 aromatic heterocycles. The molecule has 0 aromatic rings. The average Bonchev–Trinajstić information content (AvgIpc) is 3.43. The zero-order valence-electron chi connectivity index (χ0n) is 27.7. The van der Waals surface area contributed by atoms with Crippen molar-refractivity contribution >= 4 is 0 Å². The summed E-state index contributed by atoms with van der Waals surface area (Å²) in [5.74, 6) is 0.919. The van der Waals surface area contributed by atoms with E-state index in [1.165, 1.54) is 7.11 Å². The van der Waals surface area contributed by atoms with Crippen LogP contribution in [0.4, 0.5) is 0 Å². The molecule has 44 heavy (non-hydrogen) atoms. The predicted molar refractivity (Wildman–Crippen MR) is 165 cm³/mol. The number of allylic oxidation sites excluding steroid dienone is 2. The average molecular weight is 623 g/mol. The lowest BCUT2D eigenvalue weighted by Gasteiger charge is -2.59. The van der Waals surface area contributed by atoms with Crippen molar-refractivity contribution in [1.29, 1.82) is 0 Å². The molecule has 16 atom stereocenters. The van der Waals surface area contributed by atoms with Gasteiger partial charge in [0.05, 0.1) is 24.9 Å². The molecule has 0 aromatic carbocycles. The van der Waals surface area contributed by atoms with E-state index < -0.39 is 49.0 Å². The van der Waals surface area contributed by atoms with Crippen molar-refractivity contribution in [3.63, 3.8) is 0 Å². The van der Waals surface area contributed by atoms with Gasteiger partial charge >= 0.3 is 0 Å². The molecule has 0 radical (unpaired) electrons. The van der Waals surface area contributed by atoms with E-state index in [2.05, 4.69) is 53.7 Å². The van der Waals surface area contributed by atoms with Crippen LogP contribution in [-0.4, -0.2) is 99.5 Å². The largest absolute Gasteiger partial charge is 0.393 e. The highest BCUT2D eigenvalue weighted by atomic mass is 16.7. The summed E-state index contributed by atoms with van der Waals surface area (Å²) < 4.78 is 17.6. The van der Waals surface area contributed by atoms with Crippen LogP contribution in [0.3, 0.4) is 0 Å². The van der Waals surface area contributed by atoms with Gasteiger partial charge < -0.3 is 44.8 Å². The van der Waals surface area contributed by atoms with Crippen molar-refractivity contribution < 1.29 is 44.8 Å². The topological polar surface area (TPSA) is 149 Å². The molecule has 4 aliphatic carbocycles. The van der Waals surface area contributed by atoms with Crippen LogP contribution < -0.4 is 0 Å². The lowest BCUT2D eigenvalue weighted by atomic mass is 9.47. The van der Waals surface area contributed by atoms with Crippen molar-refractivity contribution in [2.45, 2.75) is 135 Å². The molecule has 0 spiro atoms. The number of hydrogen-bond donors (Lipinski definition) is 6. The minimum Gasteiger partial charge on any atom is -0.393 e. The Labute approximate surface area is 263 Å². The van der Waals surface area contributed by atoms with Crippen LogP contribution in [0.1, 0.15) is 80.1 Å². The van der Waals surface area contributed by atoms with Gasteiger partial charge in [-0.15, -0.1) is 0 Å². The minimum atomic E-state index is -1.34. The number of rotatable bonds is 9. The van der Waals surface area contributed by atoms with Gasteiger partial charge in [0.1, 0.15) is 30.5 Å². The Bertz CT molecular complexity index is 1080. The second kappa shape index (κ2) is 13.0. The molecule has 1 heterocycles. The molecule has 0 unspecified atom stereocenters. The molecule has 0 amide bonds. The Morgan fingerprint density at radius 3 is 2.32 bits per heavy atom. The summed E-state index contributed by atoms with van der Waals surface area (Å²) in [6, 6.07) is 0. The van der Waals surface area contributed by atoms with Crippen molar-refractivity contribution in [3.05, 3.63) is 23.3 Å². The third-order valence-electron chi connectivity index (χ3n) is 12.8. The highest BCUT2D eigenvalue weighted by Gasteiger charge is 2.62. The standard InChI is InChI=1S/C35H58O9/c1-17(2)18(3)8-9-19(4)27-25(43-33-31(41)30(40)32(44-33)24(37)16-42-7)15-22-26-21(11-13-35(22,27)6)34(5)12-10-20(36)14-23(34)28(38)29(26)39/h8-9,17-21,23-25,27-33,36-41H,10-16H2,1-7H3/b9-8+/t18-,19-,20-,21+,23-,24-,25-,27+,28+,29-,30-,31-,32+,33-,34-,35+/m1/s1. The molecule has 9 nitrogen and oxygen atoms in total. The Morgan fingerprint density at radius 2 is 1.66 bits per heavy atom. The van der Waals surface area contributed by atoms with E-state index in [4.69, 9.17) is 14.2 Å². The minimum absolute atomic E-state index is 0.0134. The number of aliphatic hydroxyl groups excluding tert-OH is 6. The van der Waals surface area contributed by atoms with Crippen LogP contribution in [0.15, 0.2) is 23.3 Å². The van der Waals surface area contributed by atoms with Crippen LogP contribution in [0.2, 0.25) is 0 Å². The van der Waals surface area contributed by atoms with E-state index in [1.54, 1.807) is 0 Å². The molecular weight excluding hydrogens is 564 g/mol. The van der Waals surface area contributed by atoms with Gasteiger partial charge in [0.2, 0.25) is 0 Å². The van der Waals surface area contributed by atoms with E-state index in [0.717, 1.165) is 30.4 Å². The summed E-state index contributed by atoms with van der Waals surface area (Å²) in [6.07, 6.45) is 0.109. The smallest absolute Gasteiger partial charge is 0.187 e. The number of hydrogen-bond acceptors (Lipinski definition) is 9. The van der Waals surface area contributed by atoms with Gasteiger partial charge in [0.15, 0.2) is 6.29 Å². The van der Waals surface area contributed by atoms with Gasteiger partial charge in [0, 0.05) is 13.0 Å². The van der Waals surface area contributed by atoms with Gasteiger partial charge in [-0.1, -0.05) is 59.3 Å². The first kappa shape index (κ1) is 34.5. The zero-order valence-corrected chi connectivity index (χ0v) is 27.7. The van der Waals surface area contributed by atoms with Crippen LogP contribution in [-0.2, 0) is 14.2 Å². The predicted octanol–water partition coefficient (Wildman–Crippen LogP) is 2.95. The quantitative estimate of drug-likeness (QED) is 0.214. The monoisotopic (exact) mass is 622 g/mol. The second-order valence-electron chi connectivity index (χ2n) is 15.6. The van der Waals surface area contributed by atoms with Gasteiger partial charge in [-0.05, 0) is 84.5 Å². The van der Waals surface area contributed by atoms with Crippen LogP contribution in [0.25, 0.3) is 0 Å². The van der Waals surface area contributed by atoms with Gasteiger partial charge in [0.25, 0.3) is 0 Å². The summed E-state index contributed by atoms with van der Waals surface area (Å²) >= 11 is 0. The number of methoxy groups -OCH3 is 1. The summed E-state index contributed by atoms with van der Waals surface area (Å²) in [6.45, 7) is 13.3. The van der Waals surface area contributed by atoms with Gasteiger partial charge in [-0.2, -0.15) is 0 Å². The fourth-order valence-electron chi connectivity index (χ4n) is 9.81. The molecule has 1 aliphatic heterocycles. The molecule has 6 N–H and O–H groups in total. The maximum absolute atomic E-state index is 11.7. The third-order valence-corrected chi connectivity index (χ3v) is 12.8. The first-order valence-corrected chi connectivity index (χ1v) is 17.0. The maximum Gasteiger partial charge on any atom is 0.187 e. The molecule has 9 heteroatoms. The van der Waals surface area contributed by atoms with Gasteiger partial charge in [-0.3, -0.25) is 0 Å². The summed E-state index contributed by atoms with van der Waals surface area (Å²) in [7, 11) is 1.45. The second-order valence-corrected chi connectivity index (χ2v) is 15.6. The fraction of sp³-hybridized carbons (Fsp3) is 0.886. The zero-order chi connectivity index (χ0) is 32.3. The molecular formula is C35H58O9.